The van der Waals surface area contributed by atoms with Crippen LogP contribution in [0, 0.1) is 0 Å². The number of nitrogens with zero attached hydrogens (tertiary/aromatic N) is 1. The Hall–Kier alpha value is -1.88. The molecule has 1 atom stereocenters. The second kappa shape index (κ2) is 4.18. The van der Waals surface area contributed by atoms with Crippen LogP contribution in [0.15, 0.2) is 29.0 Å². The zero-order valence-corrected chi connectivity index (χ0v) is 9.51. The zero-order valence-electron chi connectivity index (χ0n) is 9.51. The topological polar surface area (TPSA) is 89.4 Å². The number of aromatic nitrogens is 1. The van der Waals surface area contributed by atoms with Crippen LogP contribution >= 0.6 is 0 Å². The summed E-state index contributed by atoms with van der Waals surface area (Å²) in [4.78, 5) is 15.4. The first-order chi connectivity index (χ1) is 8.08. The Labute approximate surface area is 98.2 Å². The average Bonchev–Trinajstić information content (AvgIpc) is 2.75. The Balaban J connectivity index is 2.51. The van der Waals surface area contributed by atoms with E-state index in [2.05, 4.69) is 4.98 Å². The van der Waals surface area contributed by atoms with Crippen molar-refractivity contribution < 1.29 is 14.3 Å². The molecule has 1 aromatic carbocycles. The lowest BCUT2D eigenvalue weighted by Gasteiger charge is -2.24. The number of oxazole rings is 1. The van der Waals surface area contributed by atoms with Crippen LogP contribution in [-0.2, 0) is 10.2 Å². The minimum Gasteiger partial charge on any atom is -0.481 e. The molecule has 1 unspecified atom stereocenters. The number of carboxylic acids is 1. The molecule has 17 heavy (non-hydrogen) atoms. The first-order valence-electron chi connectivity index (χ1n) is 5.35. The van der Waals surface area contributed by atoms with E-state index in [1.54, 1.807) is 25.1 Å². The molecule has 5 nitrogen and oxygen atoms in total. The van der Waals surface area contributed by atoms with Crippen molar-refractivity contribution in [1.29, 1.82) is 0 Å². The van der Waals surface area contributed by atoms with Gasteiger partial charge in [0, 0.05) is 0 Å². The Bertz CT molecular complexity index is 549. The van der Waals surface area contributed by atoms with Crippen LogP contribution in [-0.4, -0.2) is 22.6 Å². The summed E-state index contributed by atoms with van der Waals surface area (Å²) in [5, 5.41) is 9.34. The summed E-state index contributed by atoms with van der Waals surface area (Å²) in [6, 6.07) is 5.23. The molecule has 0 aliphatic rings. The number of hydrogen-bond donors (Lipinski definition) is 2. The van der Waals surface area contributed by atoms with Crippen molar-refractivity contribution in [2.24, 2.45) is 5.73 Å². The van der Waals surface area contributed by atoms with Gasteiger partial charge in [0.05, 0.1) is 5.41 Å². The summed E-state index contributed by atoms with van der Waals surface area (Å²) in [5.41, 5.74) is 6.48. The SMILES string of the molecule is CC(CCN)(C(=O)O)c1ccc2ncoc2c1. The summed E-state index contributed by atoms with van der Waals surface area (Å²) < 4.78 is 5.18. The molecule has 0 aliphatic carbocycles. The standard InChI is InChI=1S/C12H14N2O3/c1-12(4-5-13,11(15)16)8-2-3-9-10(6-8)17-7-14-9/h2-3,6-7H,4-5,13H2,1H3,(H,15,16). The number of aliphatic carboxylic acids is 1. The highest BCUT2D eigenvalue weighted by atomic mass is 16.4. The van der Waals surface area contributed by atoms with Gasteiger partial charge in [-0.05, 0) is 37.6 Å². The maximum atomic E-state index is 11.4. The number of benzene rings is 1. The van der Waals surface area contributed by atoms with Crippen molar-refractivity contribution in [2.75, 3.05) is 6.54 Å². The van der Waals surface area contributed by atoms with Crippen molar-refractivity contribution in [3.8, 4) is 0 Å². The molecule has 2 rings (SSSR count). The lowest BCUT2D eigenvalue weighted by molar-refractivity contribution is -0.143. The fraction of sp³-hybridized carbons (Fsp3) is 0.333. The molecule has 1 aromatic heterocycles. The van der Waals surface area contributed by atoms with E-state index in [0.29, 0.717) is 29.6 Å². The van der Waals surface area contributed by atoms with Crippen LogP contribution < -0.4 is 5.73 Å². The molecule has 0 saturated carbocycles. The normalized spacial score (nSPS) is 14.7. The molecule has 5 heteroatoms. The molecule has 0 bridgehead atoms. The molecule has 0 saturated heterocycles. The number of hydrogen-bond acceptors (Lipinski definition) is 4. The van der Waals surface area contributed by atoms with Gasteiger partial charge in [0.2, 0.25) is 0 Å². The van der Waals surface area contributed by atoms with Gasteiger partial charge in [0.15, 0.2) is 12.0 Å². The maximum absolute atomic E-state index is 11.4. The first kappa shape index (κ1) is 11.6. The monoisotopic (exact) mass is 234 g/mol. The van der Waals surface area contributed by atoms with Gasteiger partial charge in [-0.1, -0.05) is 6.07 Å². The molecule has 0 radical (unpaired) electrons. The fourth-order valence-corrected chi connectivity index (χ4v) is 1.86. The lowest BCUT2D eigenvalue weighted by Crippen LogP contribution is -2.34. The average molecular weight is 234 g/mol. The van der Waals surface area contributed by atoms with Gasteiger partial charge in [-0.15, -0.1) is 0 Å². The molecule has 0 aliphatic heterocycles. The summed E-state index contributed by atoms with van der Waals surface area (Å²) in [7, 11) is 0. The molecule has 1 heterocycles. The fourth-order valence-electron chi connectivity index (χ4n) is 1.86. The molecular weight excluding hydrogens is 220 g/mol. The van der Waals surface area contributed by atoms with Crippen LogP contribution in [0.2, 0.25) is 0 Å². The number of fused-ring (bicyclic) bond motifs is 1. The predicted octanol–water partition coefficient (Wildman–Crippen LogP) is 1.52. The molecular formula is C12H14N2O3. The van der Waals surface area contributed by atoms with Gasteiger partial charge in [-0.3, -0.25) is 4.79 Å². The highest BCUT2D eigenvalue weighted by Gasteiger charge is 2.34. The van der Waals surface area contributed by atoms with Crippen LogP contribution in [0.25, 0.3) is 11.1 Å². The second-order valence-electron chi connectivity index (χ2n) is 4.21. The predicted molar refractivity (Wildman–Crippen MR) is 62.7 cm³/mol. The van der Waals surface area contributed by atoms with Gasteiger partial charge in [-0.25, -0.2) is 4.98 Å². The van der Waals surface area contributed by atoms with Gasteiger partial charge in [0.25, 0.3) is 0 Å². The molecule has 0 fully saturated rings. The van der Waals surface area contributed by atoms with Crippen LogP contribution in [0.4, 0.5) is 0 Å². The Morgan fingerprint density at radius 3 is 3.00 bits per heavy atom. The number of carbonyl (C=O) groups is 1. The van der Waals surface area contributed by atoms with Crippen molar-refractivity contribution in [1.82, 2.24) is 4.98 Å². The third-order valence-electron chi connectivity index (χ3n) is 3.08. The molecule has 2 aromatic rings. The summed E-state index contributed by atoms with van der Waals surface area (Å²) in [6.07, 6.45) is 1.72. The quantitative estimate of drug-likeness (QED) is 0.837. The minimum absolute atomic E-state index is 0.317. The van der Waals surface area contributed by atoms with E-state index in [1.165, 1.54) is 6.39 Å². The van der Waals surface area contributed by atoms with E-state index in [1.807, 2.05) is 0 Å². The molecule has 90 valence electrons. The Kier molecular flexibility index (Phi) is 2.85. The van der Waals surface area contributed by atoms with Crippen molar-refractivity contribution in [2.45, 2.75) is 18.8 Å². The van der Waals surface area contributed by atoms with Crippen molar-refractivity contribution >= 4 is 17.1 Å². The van der Waals surface area contributed by atoms with Crippen LogP contribution in [0.3, 0.4) is 0 Å². The van der Waals surface area contributed by atoms with Crippen LogP contribution in [0.5, 0.6) is 0 Å². The summed E-state index contributed by atoms with van der Waals surface area (Å²) >= 11 is 0. The highest BCUT2D eigenvalue weighted by Crippen LogP contribution is 2.29. The summed E-state index contributed by atoms with van der Waals surface area (Å²) in [6.45, 7) is 1.98. The van der Waals surface area contributed by atoms with E-state index >= 15 is 0 Å². The third-order valence-corrected chi connectivity index (χ3v) is 3.08. The highest BCUT2D eigenvalue weighted by molar-refractivity contribution is 5.83. The van der Waals surface area contributed by atoms with Gasteiger partial charge < -0.3 is 15.3 Å². The van der Waals surface area contributed by atoms with Gasteiger partial charge in [0.1, 0.15) is 5.52 Å². The Morgan fingerprint density at radius 2 is 2.35 bits per heavy atom. The van der Waals surface area contributed by atoms with Gasteiger partial charge >= 0.3 is 5.97 Å². The third kappa shape index (κ3) is 1.89. The van der Waals surface area contributed by atoms with E-state index in [4.69, 9.17) is 10.2 Å². The van der Waals surface area contributed by atoms with E-state index in [-0.39, 0.29) is 0 Å². The van der Waals surface area contributed by atoms with Crippen molar-refractivity contribution in [3.63, 3.8) is 0 Å². The molecule has 0 amide bonds. The Morgan fingerprint density at radius 1 is 1.59 bits per heavy atom. The van der Waals surface area contributed by atoms with Gasteiger partial charge in [-0.2, -0.15) is 0 Å². The maximum Gasteiger partial charge on any atom is 0.313 e. The zero-order chi connectivity index (χ0) is 12.5. The number of rotatable bonds is 4. The molecule has 3 N–H and O–H groups in total. The number of carboxylic acid groups (broad SMARTS) is 1. The first-order valence-corrected chi connectivity index (χ1v) is 5.35. The van der Waals surface area contributed by atoms with E-state index in [0.717, 1.165) is 0 Å². The van der Waals surface area contributed by atoms with E-state index in [9.17, 15) is 9.90 Å². The van der Waals surface area contributed by atoms with E-state index < -0.39 is 11.4 Å². The van der Waals surface area contributed by atoms with Crippen LogP contribution in [0.1, 0.15) is 18.9 Å². The second-order valence-corrected chi connectivity index (χ2v) is 4.21. The largest absolute Gasteiger partial charge is 0.481 e. The molecule has 0 spiro atoms. The lowest BCUT2D eigenvalue weighted by atomic mass is 9.79. The summed E-state index contributed by atoms with van der Waals surface area (Å²) in [5.74, 6) is -0.887. The number of nitrogens with two attached hydrogens (primary N) is 1. The smallest absolute Gasteiger partial charge is 0.313 e. The van der Waals surface area contributed by atoms with Crippen molar-refractivity contribution in [3.05, 3.63) is 30.2 Å². The minimum atomic E-state index is -0.990.